The molecular formula is C32H37N4+. The van der Waals surface area contributed by atoms with Gasteiger partial charge in [0.15, 0.2) is 11.7 Å². The monoisotopic (exact) mass is 477 g/mol. The van der Waals surface area contributed by atoms with Gasteiger partial charge in [-0.1, -0.05) is 63.2 Å². The minimum Gasteiger partial charge on any atom is -0.220 e. The normalized spacial score (nSPS) is 14.3. The van der Waals surface area contributed by atoms with Crippen LogP contribution in [-0.2, 0) is 12.0 Å². The van der Waals surface area contributed by atoms with Gasteiger partial charge in [0, 0.05) is 36.5 Å². The highest BCUT2D eigenvalue weighted by Gasteiger charge is 2.43. The van der Waals surface area contributed by atoms with Gasteiger partial charge >= 0.3 is 0 Å². The number of aryl methyl sites for hydroxylation is 2. The summed E-state index contributed by atoms with van der Waals surface area (Å²) in [5.74, 6) is 0. The molecule has 5 rings (SSSR count). The maximum Gasteiger partial charge on any atom is 0.216 e. The Hall–Kier alpha value is -3.53. The van der Waals surface area contributed by atoms with Crippen molar-refractivity contribution in [3.8, 4) is 28.2 Å². The molecule has 0 fully saturated rings. The Morgan fingerprint density at radius 2 is 1.83 bits per heavy atom. The Morgan fingerprint density at radius 3 is 2.61 bits per heavy atom. The van der Waals surface area contributed by atoms with Crippen molar-refractivity contribution in [3.05, 3.63) is 90.3 Å². The van der Waals surface area contributed by atoms with E-state index < -0.39 is 0 Å². The lowest BCUT2D eigenvalue weighted by Crippen LogP contribution is -2.56. The fraction of sp³-hybridized carbons (Fsp3) is 0.344. The molecule has 1 aliphatic heterocycles. The summed E-state index contributed by atoms with van der Waals surface area (Å²) < 4.78 is 4.41. The zero-order chi connectivity index (χ0) is 25.3. The first-order valence-corrected chi connectivity index (χ1v) is 13.4. The summed E-state index contributed by atoms with van der Waals surface area (Å²) in [5, 5.41) is 9.05. The van der Waals surface area contributed by atoms with Gasteiger partial charge in [0.1, 0.15) is 5.69 Å². The molecule has 1 aliphatic rings. The Morgan fingerprint density at radius 1 is 1.00 bits per heavy atom. The van der Waals surface area contributed by atoms with Crippen molar-refractivity contribution in [2.75, 3.05) is 0 Å². The number of hydrogen-bond donors (Lipinski definition) is 0. The third-order valence-corrected chi connectivity index (χ3v) is 8.00. The van der Waals surface area contributed by atoms with E-state index in [1.54, 1.807) is 0 Å². The van der Waals surface area contributed by atoms with Gasteiger partial charge in [-0.25, -0.2) is 4.68 Å². The van der Waals surface area contributed by atoms with Crippen molar-refractivity contribution in [2.45, 2.75) is 71.8 Å². The Balaban J connectivity index is 1.59. The van der Waals surface area contributed by atoms with E-state index in [1.807, 2.05) is 10.9 Å². The van der Waals surface area contributed by atoms with Crippen LogP contribution >= 0.6 is 0 Å². The molecule has 0 N–H and O–H groups in total. The van der Waals surface area contributed by atoms with Gasteiger partial charge in [-0.3, -0.25) is 0 Å². The third kappa shape index (κ3) is 4.19. The topological polar surface area (TPSA) is 34.6 Å². The number of fused-ring (bicyclic) bond motifs is 3. The van der Waals surface area contributed by atoms with E-state index in [1.165, 1.54) is 46.4 Å². The summed E-state index contributed by atoms with van der Waals surface area (Å²) in [6, 6.07) is 19.7. The third-order valence-electron chi connectivity index (χ3n) is 8.00. The van der Waals surface area contributed by atoms with Crippen molar-refractivity contribution >= 4 is 5.57 Å². The van der Waals surface area contributed by atoms with Gasteiger partial charge in [0.05, 0.1) is 17.4 Å². The molecule has 3 heterocycles. The van der Waals surface area contributed by atoms with E-state index in [9.17, 15) is 0 Å². The van der Waals surface area contributed by atoms with Gasteiger partial charge in [0.25, 0.3) is 0 Å². The average Bonchev–Trinajstić information content (AvgIpc) is 3.37. The van der Waals surface area contributed by atoms with Crippen LogP contribution in [0, 0.1) is 6.92 Å². The van der Waals surface area contributed by atoms with E-state index in [0.29, 0.717) is 0 Å². The number of pyridine rings is 1. The molecule has 36 heavy (non-hydrogen) atoms. The summed E-state index contributed by atoms with van der Waals surface area (Å²) in [6.45, 7) is 13.6. The van der Waals surface area contributed by atoms with Gasteiger partial charge in [-0.05, 0) is 60.7 Å². The van der Waals surface area contributed by atoms with Crippen LogP contribution in [0.3, 0.4) is 0 Å². The van der Waals surface area contributed by atoms with Crippen LogP contribution in [0.1, 0.15) is 69.6 Å². The smallest absolute Gasteiger partial charge is 0.216 e. The molecule has 4 heteroatoms. The molecule has 0 radical (unpaired) electrons. The maximum absolute atomic E-state index is 4.55. The lowest BCUT2D eigenvalue weighted by atomic mass is 9.84. The molecular weight excluding hydrogens is 440 g/mol. The van der Waals surface area contributed by atoms with Crippen molar-refractivity contribution in [1.82, 2.24) is 15.0 Å². The number of allylic oxidation sites excluding steroid dienone is 1. The molecule has 2 aromatic heterocycles. The first kappa shape index (κ1) is 24.2. The lowest BCUT2D eigenvalue weighted by molar-refractivity contribution is -0.755. The van der Waals surface area contributed by atoms with Crippen molar-refractivity contribution in [1.29, 1.82) is 0 Å². The molecule has 4 nitrogen and oxygen atoms in total. The highest BCUT2D eigenvalue weighted by molar-refractivity contribution is 5.81. The van der Waals surface area contributed by atoms with Gasteiger partial charge < -0.3 is 0 Å². The zero-order valence-corrected chi connectivity index (χ0v) is 22.1. The molecule has 184 valence electrons. The fourth-order valence-electron chi connectivity index (χ4n) is 5.74. The minimum atomic E-state index is 0.0286. The Kier molecular flexibility index (Phi) is 6.61. The quantitative estimate of drug-likeness (QED) is 0.259. The summed E-state index contributed by atoms with van der Waals surface area (Å²) in [4.78, 5) is 0. The molecule has 2 aromatic carbocycles. The molecule has 0 saturated heterocycles. The van der Waals surface area contributed by atoms with Crippen LogP contribution < -0.4 is 4.57 Å². The van der Waals surface area contributed by atoms with Crippen LogP contribution in [0.2, 0.25) is 0 Å². The van der Waals surface area contributed by atoms with Crippen molar-refractivity contribution in [2.24, 2.45) is 0 Å². The molecule has 4 aromatic rings. The fourth-order valence-corrected chi connectivity index (χ4v) is 5.74. The van der Waals surface area contributed by atoms with Crippen LogP contribution in [-0.4, -0.2) is 15.0 Å². The standard InChI is InChI=1S/C32H37N4/c1-6-9-13-25-14-10-15-26(19-25)30-22-36(34-33-30)27-16-17-28-24(5)21-32(7-2,8-3)35-18-11-12-23(4)31(35)29(28)20-27/h10-12,14-20,22H,5-9,13,21H2,1-4H3/q+1. The number of aromatic nitrogens is 4. The average molecular weight is 478 g/mol. The molecule has 0 unspecified atom stereocenters. The van der Waals surface area contributed by atoms with Crippen LogP contribution in [0.25, 0.3) is 33.8 Å². The van der Waals surface area contributed by atoms with E-state index in [0.717, 1.165) is 42.6 Å². The highest BCUT2D eigenvalue weighted by atomic mass is 15.4. The first-order chi connectivity index (χ1) is 17.5. The van der Waals surface area contributed by atoms with Gasteiger partial charge in [0.2, 0.25) is 5.69 Å². The van der Waals surface area contributed by atoms with E-state index >= 15 is 0 Å². The van der Waals surface area contributed by atoms with Crippen LogP contribution in [0.5, 0.6) is 0 Å². The second-order valence-corrected chi connectivity index (χ2v) is 10.2. The second-order valence-electron chi connectivity index (χ2n) is 10.2. The molecule has 0 bridgehead atoms. The maximum atomic E-state index is 4.55. The van der Waals surface area contributed by atoms with E-state index in [-0.39, 0.29) is 5.54 Å². The van der Waals surface area contributed by atoms with Crippen LogP contribution in [0.4, 0.5) is 0 Å². The number of benzene rings is 2. The Bertz CT molecular complexity index is 1410. The molecule has 0 amide bonds. The number of nitrogens with zero attached hydrogens (tertiary/aromatic N) is 4. The number of hydrogen-bond acceptors (Lipinski definition) is 2. The summed E-state index contributed by atoms with van der Waals surface area (Å²) in [7, 11) is 0. The van der Waals surface area contributed by atoms with Crippen LogP contribution in [0.15, 0.2) is 73.6 Å². The predicted molar refractivity (Wildman–Crippen MR) is 148 cm³/mol. The largest absolute Gasteiger partial charge is 0.220 e. The molecule has 0 spiro atoms. The molecule has 0 aliphatic carbocycles. The highest BCUT2D eigenvalue weighted by Crippen LogP contribution is 2.41. The zero-order valence-electron chi connectivity index (χ0n) is 22.1. The molecule has 0 saturated carbocycles. The van der Waals surface area contributed by atoms with Crippen molar-refractivity contribution in [3.63, 3.8) is 0 Å². The summed E-state index contributed by atoms with van der Waals surface area (Å²) in [6.07, 6.45) is 10.9. The lowest BCUT2D eigenvalue weighted by Gasteiger charge is -2.27. The predicted octanol–water partition coefficient (Wildman–Crippen LogP) is 7.47. The summed E-state index contributed by atoms with van der Waals surface area (Å²) >= 11 is 0. The van der Waals surface area contributed by atoms with Gasteiger partial charge in [-0.15, -0.1) is 5.10 Å². The van der Waals surface area contributed by atoms with Crippen molar-refractivity contribution < 1.29 is 4.57 Å². The summed E-state index contributed by atoms with van der Waals surface area (Å²) in [5.41, 5.74) is 10.6. The minimum absolute atomic E-state index is 0.0286. The first-order valence-electron chi connectivity index (χ1n) is 13.4. The van der Waals surface area contributed by atoms with E-state index in [4.69, 9.17) is 0 Å². The Labute approximate surface area is 215 Å². The van der Waals surface area contributed by atoms with E-state index in [2.05, 4.69) is 110 Å². The second kappa shape index (κ2) is 9.85. The molecule has 0 atom stereocenters. The SMILES string of the molecule is C=C1CC(CC)(CC)[n+]2cccc(C)c2-c2cc(-n3cc(-c4cccc(CCCC)c4)nn3)ccc21. The number of rotatable bonds is 7. The number of unbranched alkanes of at least 4 members (excludes halogenated alkanes) is 1. The van der Waals surface area contributed by atoms with Gasteiger partial charge in [-0.2, -0.15) is 4.57 Å².